The zero-order valence-corrected chi connectivity index (χ0v) is 32.3. The second-order valence-electron chi connectivity index (χ2n) is 19.0. The van der Waals surface area contributed by atoms with Crippen LogP contribution < -0.4 is 5.73 Å². The molecule has 0 heterocycles. The number of rotatable bonds is 13. The first-order chi connectivity index (χ1) is 23.4. The monoisotopic (exact) mass is 699 g/mol. The topological polar surface area (TPSA) is 141 Å². The Balaban J connectivity index is 1.47. The summed E-state index contributed by atoms with van der Waals surface area (Å²) in [6.45, 7) is 19.9. The maximum absolute atomic E-state index is 15.2. The van der Waals surface area contributed by atoms with Crippen LogP contribution in [-0.2, 0) is 14.4 Å². The number of carbonyl (C=O) groups is 3. The molecule has 5 aliphatic carbocycles. The molecular weight excluding hydrogens is 628 g/mol. The predicted molar refractivity (Wildman–Crippen MR) is 197 cm³/mol. The quantitative estimate of drug-likeness (QED) is 0.115. The third-order valence-electron chi connectivity index (χ3n) is 16.5. The Hall–Kier alpha value is -1.77. The number of allylic oxidation sites excluding steroid dienone is 1. The number of nitrogens with two attached hydrogens (primary N) is 1. The fourth-order valence-electron chi connectivity index (χ4n) is 13.6. The summed E-state index contributed by atoms with van der Waals surface area (Å²) in [6, 6.07) is 0. The summed E-state index contributed by atoms with van der Waals surface area (Å²) < 4.78 is 0. The standard InChI is InChI=1S/C42H70N2O6/c1-27(2)28-17-22-42(37(50)44(26-12-10-8-9-11-25-43)34(47)16-14-30(45)36(48)49)24-23-40(6)29(35(28)42)13-15-32-39(5)20-19-33(46)38(3,4)31(39)18-21-41(32,40)7/h28-33,35,45-46H,1,8-26,43H2,2-7H3,(H,48,49)/t28-,29+,30+,31-,32-,33-,35+,39-,40+,41+,42-/m0/s1. The van der Waals surface area contributed by atoms with Crippen LogP contribution in [0.5, 0.6) is 0 Å². The van der Waals surface area contributed by atoms with Crippen molar-refractivity contribution in [2.45, 2.75) is 163 Å². The molecule has 11 atom stereocenters. The van der Waals surface area contributed by atoms with Crippen LogP contribution in [0.15, 0.2) is 12.2 Å². The molecule has 284 valence electrons. The van der Waals surface area contributed by atoms with E-state index in [2.05, 4.69) is 48.1 Å². The van der Waals surface area contributed by atoms with Crippen molar-refractivity contribution in [2.75, 3.05) is 13.1 Å². The van der Waals surface area contributed by atoms with Gasteiger partial charge in [-0.05, 0) is 148 Å². The smallest absolute Gasteiger partial charge is 0.332 e. The van der Waals surface area contributed by atoms with E-state index in [-0.39, 0.29) is 64.3 Å². The van der Waals surface area contributed by atoms with Gasteiger partial charge in [0.25, 0.3) is 0 Å². The van der Waals surface area contributed by atoms with Crippen LogP contribution >= 0.6 is 0 Å². The van der Waals surface area contributed by atoms with E-state index >= 15 is 4.79 Å². The molecule has 5 fully saturated rings. The number of carboxylic acids is 1. The summed E-state index contributed by atoms with van der Waals surface area (Å²) in [7, 11) is 0. The van der Waals surface area contributed by atoms with Gasteiger partial charge in [0.1, 0.15) is 0 Å². The number of hydrogen-bond acceptors (Lipinski definition) is 6. The van der Waals surface area contributed by atoms with Crippen molar-refractivity contribution >= 4 is 17.8 Å². The van der Waals surface area contributed by atoms with Gasteiger partial charge in [0.15, 0.2) is 6.10 Å². The van der Waals surface area contributed by atoms with Gasteiger partial charge >= 0.3 is 5.97 Å². The Bertz CT molecular complexity index is 1300. The van der Waals surface area contributed by atoms with Gasteiger partial charge in [0.05, 0.1) is 11.5 Å². The fraction of sp³-hybridized carbons (Fsp3) is 0.881. The van der Waals surface area contributed by atoms with Gasteiger partial charge in [-0.25, -0.2) is 4.79 Å². The average molecular weight is 699 g/mol. The van der Waals surface area contributed by atoms with Crippen molar-refractivity contribution in [2.24, 2.45) is 62.4 Å². The molecule has 8 heteroatoms. The first-order valence-electron chi connectivity index (χ1n) is 20.2. The second kappa shape index (κ2) is 14.6. The summed E-state index contributed by atoms with van der Waals surface area (Å²) in [5.41, 5.74) is 6.42. The number of amides is 2. The van der Waals surface area contributed by atoms with Crippen molar-refractivity contribution in [1.29, 1.82) is 0 Å². The summed E-state index contributed by atoms with van der Waals surface area (Å²) in [4.78, 5) is 42.0. The van der Waals surface area contributed by atoms with Crippen molar-refractivity contribution in [3.8, 4) is 0 Å². The molecular formula is C42H70N2O6. The van der Waals surface area contributed by atoms with Gasteiger partial charge in [0.2, 0.25) is 11.8 Å². The summed E-state index contributed by atoms with van der Waals surface area (Å²) in [5.74, 6) is -0.0309. The van der Waals surface area contributed by atoms with Gasteiger partial charge in [-0.3, -0.25) is 14.5 Å². The van der Waals surface area contributed by atoms with Crippen LogP contribution in [0.4, 0.5) is 0 Å². The minimum atomic E-state index is -1.63. The summed E-state index contributed by atoms with van der Waals surface area (Å²) >= 11 is 0. The molecule has 0 aliphatic heterocycles. The van der Waals surface area contributed by atoms with E-state index in [4.69, 9.17) is 5.73 Å². The molecule has 0 saturated heterocycles. The Kier molecular flexibility index (Phi) is 11.5. The molecule has 5 N–H and O–H groups in total. The molecule has 8 nitrogen and oxygen atoms in total. The van der Waals surface area contributed by atoms with Crippen LogP contribution in [0.3, 0.4) is 0 Å². The van der Waals surface area contributed by atoms with E-state index in [1.165, 1.54) is 4.90 Å². The van der Waals surface area contributed by atoms with Gasteiger partial charge in [-0.15, -0.1) is 0 Å². The number of aliphatic hydroxyl groups excluding tert-OH is 2. The molecule has 0 aromatic heterocycles. The highest BCUT2D eigenvalue weighted by molar-refractivity contribution is 5.98. The van der Waals surface area contributed by atoms with E-state index in [1.54, 1.807) is 0 Å². The Labute approximate surface area is 302 Å². The highest BCUT2D eigenvalue weighted by Gasteiger charge is 2.72. The minimum Gasteiger partial charge on any atom is -0.479 e. The zero-order chi connectivity index (χ0) is 36.9. The van der Waals surface area contributed by atoms with Crippen LogP contribution in [0.25, 0.3) is 0 Å². The first-order valence-corrected chi connectivity index (χ1v) is 20.2. The van der Waals surface area contributed by atoms with Gasteiger partial charge < -0.3 is 21.1 Å². The van der Waals surface area contributed by atoms with Gasteiger partial charge in [-0.2, -0.15) is 0 Å². The molecule has 0 aromatic carbocycles. The van der Waals surface area contributed by atoms with Gasteiger partial charge in [-0.1, -0.05) is 66.0 Å². The fourth-order valence-corrected chi connectivity index (χ4v) is 13.6. The van der Waals surface area contributed by atoms with Crippen LogP contribution in [-0.4, -0.2) is 63.3 Å². The molecule has 5 saturated carbocycles. The number of aliphatic carboxylic acids is 1. The zero-order valence-electron chi connectivity index (χ0n) is 32.3. The molecule has 50 heavy (non-hydrogen) atoms. The Morgan fingerprint density at radius 1 is 0.840 bits per heavy atom. The molecule has 0 radical (unpaired) electrons. The van der Waals surface area contributed by atoms with Crippen LogP contribution in [0.2, 0.25) is 0 Å². The van der Waals surface area contributed by atoms with Gasteiger partial charge in [0, 0.05) is 13.0 Å². The van der Waals surface area contributed by atoms with Crippen molar-refractivity contribution in [3.05, 3.63) is 12.2 Å². The van der Waals surface area contributed by atoms with Crippen molar-refractivity contribution in [1.82, 2.24) is 4.90 Å². The number of carboxylic acid groups (broad SMARTS) is 1. The largest absolute Gasteiger partial charge is 0.479 e. The molecule has 5 aliphatic rings. The average Bonchev–Trinajstić information content (AvgIpc) is 3.46. The number of imide groups is 1. The van der Waals surface area contributed by atoms with E-state index in [1.807, 2.05) is 0 Å². The lowest BCUT2D eigenvalue weighted by Crippen LogP contribution is -2.67. The second-order valence-corrected chi connectivity index (χ2v) is 19.0. The number of aliphatic hydroxyl groups is 2. The lowest BCUT2D eigenvalue weighted by molar-refractivity contribution is -0.247. The van der Waals surface area contributed by atoms with Crippen LogP contribution in [0, 0.1) is 56.7 Å². The molecule has 0 bridgehead atoms. The molecule has 2 amide bonds. The SMILES string of the molecule is C=C(C)[C@@H]1CC[C@]2(C(=O)N(CCCCCCCN)C(=O)CC[C@@H](O)C(=O)O)CC[C@]3(C)[C@H](CC[C@H]4[C@@]5(C)CC[C@H](O)C(C)(C)[C@@H]5CC[C@]43C)[C@@H]12. The third-order valence-corrected chi connectivity index (χ3v) is 16.5. The number of fused-ring (bicyclic) bond motifs is 7. The van der Waals surface area contributed by atoms with Crippen molar-refractivity contribution in [3.63, 3.8) is 0 Å². The molecule has 5 rings (SSSR count). The maximum atomic E-state index is 15.2. The number of hydrogen-bond donors (Lipinski definition) is 4. The predicted octanol–water partition coefficient (Wildman–Crippen LogP) is 7.50. The summed E-state index contributed by atoms with van der Waals surface area (Å²) in [6.07, 6.45) is 12.1. The number of carbonyl (C=O) groups excluding carboxylic acids is 2. The minimum absolute atomic E-state index is 0.0417. The Morgan fingerprint density at radius 2 is 1.52 bits per heavy atom. The van der Waals surface area contributed by atoms with E-state index in [0.717, 1.165) is 95.5 Å². The van der Waals surface area contributed by atoms with E-state index in [9.17, 15) is 24.9 Å². The maximum Gasteiger partial charge on any atom is 0.332 e. The summed E-state index contributed by atoms with van der Waals surface area (Å²) in [5, 5.41) is 30.4. The normalized spacial score (nSPS) is 40.8. The third kappa shape index (κ3) is 6.33. The van der Waals surface area contributed by atoms with Crippen molar-refractivity contribution < 1.29 is 29.7 Å². The molecule has 0 spiro atoms. The van der Waals surface area contributed by atoms with E-state index < -0.39 is 17.5 Å². The van der Waals surface area contributed by atoms with E-state index in [0.29, 0.717) is 37.3 Å². The number of nitrogens with zero attached hydrogens (tertiary/aromatic N) is 1. The molecule has 0 aromatic rings. The highest BCUT2D eigenvalue weighted by Crippen LogP contribution is 2.77. The molecule has 0 unspecified atom stereocenters. The lowest BCUT2D eigenvalue weighted by atomic mass is 9.32. The number of unbranched alkanes of at least 4 members (excludes halogenated alkanes) is 4. The first kappa shape index (κ1) is 39.4. The lowest BCUT2D eigenvalue weighted by Gasteiger charge is -2.72. The highest BCUT2D eigenvalue weighted by atomic mass is 16.4. The Morgan fingerprint density at radius 3 is 2.18 bits per heavy atom. The van der Waals surface area contributed by atoms with Crippen LogP contribution in [0.1, 0.15) is 151 Å².